The van der Waals surface area contributed by atoms with Crippen molar-refractivity contribution < 1.29 is 18.0 Å². The van der Waals surface area contributed by atoms with E-state index in [-0.39, 0.29) is 28.9 Å². The molecule has 0 spiro atoms. The number of hydrogen-bond acceptors (Lipinski definition) is 4. The van der Waals surface area contributed by atoms with Gasteiger partial charge in [-0.2, -0.15) is 18.4 Å². The maximum Gasteiger partial charge on any atom is 0.537 e. The number of carbonyl (C=O) groups is 1. The van der Waals surface area contributed by atoms with Crippen LogP contribution < -0.4 is 25.3 Å². The summed E-state index contributed by atoms with van der Waals surface area (Å²) in [5, 5.41) is 13.7. The van der Waals surface area contributed by atoms with Gasteiger partial charge in [-0.3, -0.25) is 9.69 Å². The number of aryl methyl sites for hydroxylation is 1. The summed E-state index contributed by atoms with van der Waals surface area (Å²) >= 11 is 0. The maximum atomic E-state index is 14.0. The van der Waals surface area contributed by atoms with Crippen LogP contribution in [0.3, 0.4) is 0 Å². The van der Waals surface area contributed by atoms with Crippen molar-refractivity contribution in [2.75, 3.05) is 38.5 Å². The number of fused-ring (bicyclic) bond motifs is 1. The number of benzene rings is 3. The van der Waals surface area contributed by atoms with E-state index in [1.165, 1.54) is 24.3 Å². The number of nitrogens with one attached hydrogen (secondary N) is 1. The summed E-state index contributed by atoms with van der Waals surface area (Å²) in [6, 6.07) is 19.0. The maximum absolute atomic E-state index is 14.0. The third-order valence-corrected chi connectivity index (χ3v) is 7.01. The van der Waals surface area contributed by atoms with E-state index in [4.69, 9.17) is 0 Å². The van der Waals surface area contributed by atoms with Gasteiger partial charge in [0.05, 0.1) is 17.2 Å². The summed E-state index contributed by atoms with van der Waals surface area (Å²) in [6.07, 6.45) is -2.99. The summed E-state index contributed by atoms with van der Waals surface area (Å²) in [5.74, 6) is 2.31. The Labute approximate surface area is 235 Å². The van der Waals surface area contributed by atoms with E-state index in [0.29, 0.717) is 18.7 Å². The van der Waals surface area contributed by atoms with Crippen LogP contribution in [-0.4, -0.2) is 55.3 Å². The van der Waals surface area contributed by atoms with Gasteiger partial charge in [0, 0.05) is 67.6 Å². The predicted molar refractivity (Wildman–Crippen MR) is 149 cm³/mol. The first kappa shape index (κ1) is 27.8. The van der Waals surface area contributed by atoms with Crippen molar-refractivity contribution in [2.45, 2.75) is 19.6 Å². The first-order valence-corrected chi connectivity index (χ1v) is 13.0. The minimum Gasteiger partial charge on any atom is -0.322 e. The number of piperazine rings is 1. The largest absolute Gasteiger partial charge is 0.537 e. The van der Waals surface area contributed by atoms with Crippen LogP contribution in [0, 0.1) is 30.2 Å². The highest BCUT2D eigenvalue weighted by Crippen LogP contribution is 2.34. The number of likely N-dealkylation sites (N-methyl/N-ethyl adjacent to an activating group) is 1. The van der Waals surface area contributed by atoms with Crippen LogP contribution >= 0.6 is 0 Å². The number of anilines is 1. The average molecular weight is 557 g/mol. The molecule has 41 heavy (non-hydrogen) atoms. The van der Waals surface area contributed by atoms with Crippen molar-refractivity contribution in [3.05, 3.63) is 98.7 Å². The molecule has 10 heteroatoms. The second kappa shape index (κ2) is 11.4. The van der Waals surface area contributed by atoms with Crippen molar-refractivity contribution in [2.24, 2.45) is 0 Å². The fourth-order valence-electron chi connectivity index (χ4n) is 4.74. The Balaban J connectivity index is 1.38. The molecule has 2 aliphatic rings. The Bertz CT molecular complexity index is 1800. The lowest BCUT2D eigenvalue weighted by Crippen LogP contribution is -2.44. The van der Waals surface area contributed by atoms with Gasteiger partial charge in [0.2, 0.25) is 6.04 Å². The zero-order valence-electron chi connectivity index (χ0n) is 22.6. The molecule has 3 aromatic rings. The quantitative estimate of drug-likeness (QED) is 0.304. The molecule has 5 rings (SSSR count). The number of alkyl halides is 3. The molecule has 7 nitrogen and oxygen atoms in total. The summed E-state index contributed by atoms with van der Waals surface area (Å²) in [4.78, 5) is 17.2. The highest BCUT2D eigenvalue weighted by atomic mass is 19.4. The van der Waals surface area contributed by atoms with Crippen molar-refractivity contribution in [1.29, 1.82) is 5.26 Å². The van der Waals surface area contributed by atoms with Gasteiger partial charge in [0.15, 0.2) is 0 Å². The van der Waals surface area contributed by atoms with Crippen LogP contribution in [-0.2, 0) is 12.7 Å². The van der Waals surface area contributed by atoms with Gasteiger partial charge in [0.25, 0.3) is 5.91 Å². The molecule has 206 valence electrons. The van der Waals surface area contributed by atoms with Crippen LogP contribution in [0.25, 0.3) is 0 Å². The Kier molecular flexibility index (Phi) is 7.74. The minimum absolute atomic E-state index is 0.0135. The molecule has 1 fully saturated rings. The van der Waals surface area contributed by atoms with Gasteiger partial charge in [-0.05, 0) is 64.7 Å². The minimum atomic E-state index is -4.58. The Morgan fingerprint density at radius 1 is 1.05 bits per heavy atom. The molecular weight excluding hydrogens is 529 g/mol. The molecule has 0 saturated carbocycles. The number of halogens is 3. The van der Waals surface area contributed by atoms with Gasteiger partial charge >= 0.3 is 23.2 Å². The first-order valence-electron chi connectivity index (χ1n) is 13.0. The molecular formula is C31H27F3N6O+2. The molecule has 0 aliphatic carbocycles. The highest BCUT2D eigenvalue weighted by Gasteiger charge is 2.34. The molecule has 1 N–H and O–H groups in total. The lowest BCUT2D eigenvalue weighted by molar-refractivity contribution is -0.138. The molecule has 0 atom stereocenters. The van der Waals surface area contributed by atoms with Gasteiger partial charge in [0.1, 0.15) is 0 Å². The first-order chi connectivity index (χ1) is 19.6. The monoisotopic (exact) mass is 556 g/mol. The van der Waals surface area contributed by atoms with Crippen LogP contribution in [0.1, 0.15) is 38.2 Å². The zero-order chi connectivity index (χ0) is 29.1. The summed E-state index contributed by atoms with van der Waals surface area (Å²) in [5.41, 5.74) is 1.17. The van der Waals surface area contributed by atoms with E-state index in [1.807, 2.05) is 43.1 Å². The molecule has 0 bridgehead atoms. The van der Waals surface area contributed by atoms with Crippen molar-refractivity contribution in [1.82, 2.24) is 19.0 Å². The summed E-state index contributed by atoms with van der Waals surface area (Å²) in [7, 11) is 1.99. The Morgan fingerprint density at radius 3 is 2.54 bits per heavy atom. The van der Waals surface area contributed by atoms with E-state index in [0.717, 1.165) is 35.4 Å². The van der Waals surface area contributed by atoms with Crippen LogP contribution in [0.4, 0.5) is 18.9 Å². The van der Waals surface area contributed by atoms with Crippen LogP contribution in [0.5, 0.6) is 0 Å². The summed E-state index contributed by atoms with van der Waals surface area (Å²) < 4.78 is 47.9. The molecule has 3 aromatic carbocycles. The topological polar surface area (TPSA) is 76.5 Å². The van der Waals surface area contributed by atoms with E-state index in [1.54, 1.807) is 17.0 Å². The fraction of sp³-hybridized carbons (Fsp3) is 0.258. The van der Waals surface area contributed by atoms with Gasteiger partial charge in [-0.15, -0.1) is 0 Å². The molecule has 1 saturated heterocycles. The molecule has 2 heterocycles. The number of nitriles is 1. The molecule has 0 aromatic heterocycles. The smallest absolute Gasteiger partial charge is 0.322 e. The zero-order valence-corrected chi connectivity index (χ0v) is 22.6. The van der Waals surface area contributed by atoms with E-state index in [9.17, 15) is 23.2 Å². The van der Waals surface area contributed by atoms with Crippen LogP contribution in [0.2, 0.25) is 0 Å². The van der Waals surface area contributed by atoms with E-state index >= 15 is 0 Å². The van der Waals surface area contributed by atoms with E-state index in [2.05, 4.69) is 26.8 Å². The number of hydrogen-bond donors (Lipinski definition) is 1. The molecule has 1 amide bonds. The third kappa shape index (κ3) is 6.54. The predicted octanol–water partition coefficient (Wildman–Crippen LogP) is 2.11. The van der Waals surface area contributed by atoms with Gasteiger partial charge < -0.3 is 10.2 Å². The highest BCUT2D eigenvalue weighted by molar-refractivity contribution is 6.04. The molecule has 2 aliphatic heterocycles. The van der Waals surface area contributed by atoms with E-state index < -0.39 is 17.6 Å². The standard InChI is InChI=1S/C31H26F3N6O/c1-21-3-6-29-28(13-21)36-20-40(29)8-7-22-14-23(18-35)16-25(15-22)30(41)37-26-5-4-24(27(17-26)31(32,33)34)19-39-11-9-38(2)10-12-39/h3-6,13-17,20H,9-12,19H2,1-2H3/q+1/p+1. The second-order valence-corrected chi connectivity index (χ2v) is 10.2. The average Bonchev–Trinajstić information content (AvgIpc) is 3.35. The van der Waals surface area contributed by atoms with Gasteiger partial charge in [-0.1, -0.05) is 12.1 Å². The lowest BCUT2D eigenvalue weighted by Gasteiger charge is -2.33. The Hall–Kier alpha value is -4.73. The number of amides is 1. The molecule has 0 radical (unpaired) electrons. The van der Waals surface area contributed by atoms with Crippen LogP contribution in [0.15, 0.2) is 54.6 Å². The van der Waals surface area contributed by atoms with Crippen molar-refractivity contribution >= 4 is 17.9 Å². The lowest BCUT2D eigenvalue weighted by atomic mass is 10.0. The molecule has 0 unspecified atom stereocenters. The summed E-state index contributed by atoms with van der Waals surface area (Å²) in [6.45, 7) is 5.10. The van der Waals surface area contributed by atoms with Gasteiger partial charge in [-0.25, -0.2) is 0 Å². The third-order valence-electron chi connectivity index (χ3n) is 7.01. The number of carbonyl (C=O) groups excluding carboxylic acids is 1. The number of rotatable bonds is 4. The normalized spacial score (nSPS) is 15.0. The Morgan fingerprint density at radius 2 is 1.80 bits per heavy atom. The second-order valence-electron chi connectivity index (χ2n) is 10.2. The van der Waals surface area contributed by atoms with Crippen molar-refractivity contribution in [3.8, 4) is 18.0 Å². The SMILES string of the molecule is Cc1ccc2c(c1)=[N+]=C[N+]=2C#Cc1cc(C#N)cc(C(=O)Nc2ccc(CN3CCN(C)CC3)c(C(F)(F)F)c2)c1. The van der Waals surface area contributed by atoms with Crippen molar-refractivity contribution in [3.63, 3.8) is 0 Å². The fourth-order valence-corrected chi connectivity index (χ4v) is 4.74. The number of nitrogens with zero attached hydrogens (tertiary/aromatic N) is 5.